The van der Waals surface area contributed by atoms with Crippen LogP contribution in [0.15, 0.2) is 25.3 Å². The molecule has 0 amide bonds. The largest absolute Gasteiger partial charge is 0.215 e. The number of hydrogen-bond acceptors (Lipinski definition) is 2. The molecule has 4 heteroatoms. The molecule has 3 nitrogen and oxygen atoms in total. The fourth-order valence-electron chi connectivity index (χ4n) is 0.531. The van der Waals surface area contributed by atoms with E-state index in [1.54, 1.807) is 6.08 Å². The highest BCUT2D eigenvalue weighted by Gasteiger charge is 2.03. The van der Waals surface area contributed by atoms with Crippen LogP contribution in [0.4, 0.5) is 0 Å². The van der Waals surface area contributed by atoms with Crippen molar-refractivity contribution in [2.75, 3.05) is 12.3 Å². The van der Waals surface area contributed by atoms with Crippen LogP contribution in [0, 0.1) is 0 Å². The first-order valence-electron chi connectivity index (χ1n) is 3.31. The zero-order valence-electron chi connectivity index (χ0n) is 6.41. The molecule has 11 heavy (non-hydrogen) atoms. The second-order valence-corrected chi connectivity index (χ2v) is 3.89. The molecule has 64 valence electrons. The average Bonchev–Trinajstić information content (AvgIpc) is 1.87. The summed E-state index contributed by atoms with van der Waals surface area (Å²) >= 11 is 0. The van der Waals surface area contributed by atoms with Crippen molar-refractivity contribution in [1.29, 1.82) is 0 Å². The molecule has 0 aromatic heterocycles. The maximum absolute atomic E-state index is 10.9. The van der Waals surface area contributed by atoms with Gasteiger partial charge >= 0.3 is 0 Å². The van der Waals surface area contributed by atoms with Crippen molar-refractivity contribution in [2.24, 2.45) is 0 Å². The van der Waals surface area contributed by atoms with E-state index in [-0.39, 0.29) is 5.75 Å². The summed E-state index contributed by atoms with van der Waals surface area (Å²) in [5, 5.41) is 0. The summed E-state index contributed by atoms with van der Waals surface area (Å²) in [5.41, 5.74) is 0. The Bertz CT molecular complexity index is 219. The molecule has 0 rings (SSSR count). The molecule has 0 heterocycles. The molecule has 1 N–H and O–H groups in total. The maximum atomic E-state index is 10.9. The molecular weight excluding hydrogens is 162 g/mol. The van der Waals surface area contributed by atoms with Crippen LogP contribution in [0.1, 0.15) is 6.42 Å². The van der Waals surface area contributed by atoms with E-state index in [1.165, 1.54) is 6.08 Å². The van der Waals surface area contributed by atoms with Crippen molar-refractivity contribution in [1.82, 2.24) is 4.72 Å². The Labute approximate surface area is 67.9 Å². The van der Waals surface area contributed by atoms with Gasteiger partial charge in [-0.3, -0.25) is 0 Å². The number of nitrogens with one attached hydrogen (secondary N) is 1. The molecule has 0 radical (unpaired) electrons. The van der Waals surface area contributed by atoms with Gasteiger partial charge in [-0.25, -0.2) is 13.1 Å². The Morgan fingerprint density at radius 2 is 1.91 bits per heavy atom. The lowest BCUT2D eigenvalue weighted by atomic mass is 10.4. The summed E-state index contributed by atoms with van der Waals surface area (Å²) in [4.78, 5) is 0. The monoisotopic (exact) mass is 175 g/mol. The summed E-state index contributed by atoms with van der Waals surface area (Å²) in [6.07, 6.45) is 3.67. The topological polar surface area (TPSA) is 46.2 Å². The maximum Gasteiger partial charge on any atom is 0.215 e. The van der Waals surface area contributed by atoms with Crippen LogP contribution in [0.25, 0.3) is 0 Å². The molecule has 0 bridgehead atoms. The molecule has 0 aromatic rings. The lowest BCUT2D eigenvalue weighted by molar-refractivity contribution is 0.585. The van der Waals surface area contributed by atoms with E-state index in [2.05, 4.69) is 17.9 Å². The Hall–Kier alpha value is -0.610. The number of sulfonamides is 1. The molecule has 0 aliphatic rings. The van der Waals surface area contributed by atoms with Crippen LogP contribution < -0.4 is 4.72 Å². The number of rotatable bonds is 6. The van der Waals surface area contributed by atoms with Crippen molar-refractivity contribution in [3.8, 4) is 0 Å². The Morgan fingerprint density at radius 1 is 1.27 bits per heavy atom. The average molecular weight is 175 g/mol. The minimum Gasteiger partial charge on any atom is -0.215 e. The van der Waals surface area contributed by atoms with Gasteiger partial charge in [0.15, 0.2) is 0 Å². The highest BCUT2D eigenvalue weighted by atomic mass is 32.2. The van der Waals surface area contributed by atoms with Crippen molar-refractivity contribution in [3.05, 3.63) is 25.3 Å². The van der Waals surface area contributed by atoms with Gasteiger partial charge in [-0.15, -0.1) is 13.2 Å². The molecule has 0 saturated carbocycles. The van der Waals surface area contributed by atoms with Gasteiger partial charge < -0.3 is 0 Å². The van der Waals surface area contributed by atoms with Crippen LogP contribution in [0.5, 0.6) is 0 Å². The smallest absolute Gasteiger partial charge is 0.215 e. The minimum atomic E-state index is -3.12. The highest BCUT2D eigenvalue weighted by molar-refractivity contribution is 7.89. The lowest BCUT2D eigenvalue weighted by Crippen LogP contribution is -2.26. The van der Waals surface area contributed by atoms with E-state index in [9.17, 15) is 8.42 Å². The van der Waals surface area contributed by atoms with Crippen LogP contribution in [-0.4, -0.2) is 20.7 Å². The fourth-order valence-corrected chi connectivity index (χ4v) is 1.39. The molecule has 0 saturated heterocycles. The minimum absolute atomic E-state index is 0.0237. The van der Waals surface area contributed by atoms with Gasteiger partial charge in [0.05, 0.1) is 5.75 Å². The summed E-state index contributed by atoms with van der Waals surface area (Å²) in [5.74, 6) is -0.0237. The normalized spacial score (nSPS) is 10.9. The van der Waals surface area contributed by atoms with E-state index in [0.717, 1.165) is 0 Å². The van der Waals surface area contributed by atoms with Gasteiger partial charge in [-0.2, -0.15) is 0 Å². The molecule has 0 atom stereocenters. The quantitative estimate of drug-likeness (QED) is 0.476. The van der Waals surface area contributed by atoms with Crippen molar-refractivity contribution in [3.63, 3.8) is 0 Å². The third-order valence-corrected chi connectivity index (χ3v) is 2.33. The molecule has 0 aliphatic heterocycles. The Morgan fingerprint density at radius 3 is 2.36 bits per heavy atom. The van der Waals surface area contributed by atoms with Crippen LogP contribution in [-0.2, 0) is 10.0 Å². The van der Waals surface area contributed by atoms with E-state index < -0.39 is 10.0 Å². The Balaban J connectivity index is 3.73. The predicted molar refractivity (Wildman–Crippen MR) is 46.8 cm³/mol. The zero-order valence-corrected chi connectivity index (χ0v) is 7.23. The summed E-state index contributed by atoms with van der Waals surface area (Å²) in [7, 11) is -3.12. The number of hydrogen-bond donors (Lipinski definition) is 1. The first-order chi connectivity index (χ1) is 5.12. The molecule has 0 spiro atoms. The van der Waals surface area contributed by atoms with Crippen molar-refractivity contribution < 1.29 is 8.42 Å². The van der Waals surface area contributed by atoms with Crippen molar-refractivity contribution >= 4 is 10.0 Å². The van der Waals surface area contributed by atoms with Gasteiger partial charge in [-0.05, 0) is 6.42 Å². The Kier molecular flexibility index (Phi) is 4.81. The summed E-state index contributed by atoms with van der Waals surface area (Å²) in [6.45, 7) is 7.22. The van der Waals surface area contributed by atoms with Crippen LogP contribution in [0.3, 0.4) is 0 Å². The van der Waals surface area contributed by atoms with Gasteiger partial charge in [0.2, 0.25) is 10.0 Å². The third kappa shape index (κ3) is 5.82. The summed E-state index contributed by atoms with van der Waals surface area (Å²) < 4.78 is 24.2. The van der Waals surface area contributed by atoms with Crippen LogP contribution in [0.2, 0.25) is 0 Å². The first kappa shape index (κ1) is 10.4. The second-order valence-electron chi connectivity index (χ2n) is 2.04. The van der Waals surface area contributed by atoms with E-state index in [4.69, 9.17) is 0 Å². The molecule has 0 unspecified atom stereocenters. The summed E-state index contributed by atoms with van der Waals surface area (Å²) in [6, 6.07) is 0. The molecular formula is C7H13NO2S. The van der Waals surface area contributed by atoms with Gasteiger partial charge in [0.25, 0.3) is 0 Å². The first-order valence-corrected chi connectivity index (χ1v) is 4.96. The molecule has 0 aromatic carbocycles. The second kappa shape index (κ2) is 5.09. The lowest BCUT2D eigenvalue weighted by Gasteiger charge is -2.00. The van der Waals surface area contributed by atoms with E-state index >= 15 is 0 Å². The SMILES string of the molecule is C=CCCNS(=O)(=O)CC=C. The molecule has 0 fully saturated rings. The predicted octanol–water partition coefficient (Wildman–Crippen LogP) is 0.668. The van der Waals surface area contributed by atoms with Crippen LogP contribution >= 0.6 is 0 Å². The standard InChI is InChI=1S/C7H13NO2S/c1-3-5-6-8-11(9,10)7-4-2/h3-4,8H,1-2,5-7H2. The third-order valence-electron chi connectivity index (χ3n) is 1.01. The fraction of sp³-hybridized carbons (Fsp3) is 0.429. The van der Waals surface area contributed by atoms with E-state index in [1.807, 2.05) is 0 Å². The van der Waals surface area contributed by atoms with Gasteiger partial charge in [0.1, 0.15) is 0 Å². The van der Waals surface area contributed by atoms with Crippen molar-refractivity contribution in [2.45, 2.75) is 6.42 Å². The molecule has 0 aliphatic carbocycles. The van der Waals surface area contributed by atoms with Gasteiger partial charge in [-0.1, -0.05) is 12.2 Å². The zero-order chi connectivity index (χ0) is 8.74. The van der Waals surface area contributed by atoms with E-state index in [0.29, 0.717) is 13.0 Å². The van der Waals surface area contributed by atoms with Gasteiger partial charge in [0, 0.05) is 6.54 Å². The highest BCUT2D eigenvalue weighted by Crippen LogP contribution is 1.85.